The summed E-state index contributed by atoms with van der Waals surface area (Å²) in [6.45, 7) is 7.10. The van der Waals surface area contributed by atoms with Crippen LogP contribution < -0.4 is 24.5 Å². The quantitative estimate of drug-likeness (QED) is 0.216. The van der Waals surface area contributed by atoms with Crippen molar-refractivity contribution in [3.8, 4) is 17.2 Å². The summed E-state index contributed by atoms with van der Waals surface area (Å²) in [7, 11) is 4.43. The maximum Gasteiger partial charge on any atom is 0.350 e. The molecular weight excluding hydrogens is 536 g/mol. The molecule has 10 nitrogen and oxygen atoms in total. The molecule has 5 rings (SSSR count). The van der Waals surface area contributed by atoms with Crippen LogP contribution >= 0.6 is 11.3 Å². The minimum absolute atomic E-state index is 0.0259. The molecule has 1 aliphatic rings. The van der Waals surface area contributed by atoms with Crippen molar-refractivity contribution in [2.75, 3.05) is 32.8 Å². The van der Waals surface area contributed by atoms with E-state index in [1.165, 1.54) is 32.3 Å². The van der Waals surface area contributed by atoms with Crippen molar-refractivity contribution < 1.29 is 33.0 Å². The molecule has 0 radical (unpaired) electrons. The van der Waals surface area contributed by atoms with Gasteiger partial charge in [0.1, 0.15) is 17.1 Å². The van der Waals surface area contributed by atoms with Crippen LogP contribution in [0, 0.1) is 13.8 Å². The minimum atomic E-state index is -0.972. The van der Waals surface area contributed by atoms with E-state index in [0.29, 0.717) is 33.9 Å². The van der Waals surface area contributed by atoms with Gasteiger partial charge < -0.3 is 23.4 Å². The molecule has 0 N–H and O–H groups in total. The van der Waals surface area contributed by atoms with Crippen LogP contribution in [0.2, 0.25) is 0 Å². The van der Waals surface area contributed by atoms with E-state index >= 15 is 0 Å². The highest BCUT2D eigenvalue weighted by atomic mass is 32.1. The number of aryl methyl sites for hydroxylation is 2. The number of rotatable bonds is 8. The first-order valence-electron chi connectivity index (χ1n) is 12.2. The molecule has 1 unspecified atom stereocenters. The predicted octanol–water partition coefficient (Wildman–Crippen LogP) is 4.98. The Labute approximate surface area is 233 Å². The first-order valence-corrected chi connectivity index (χ1v) is 13.0. The zero-order valence-corrected chi connectivity index (χ0v) is 23.3. The average Bonchev–Trinajstić information content (AvgIpc) is 3.48. The summed E-state index contributed by atoms with van der Waals surface area (Å²) < 4.78 is 27.8. The van der Waals surface area contributed by atoms with Crippen LogP contribution in [0.5, 0.6) is 17.2 Å². The fourth-order valence-corrected chi connectivity index (χ4v) is 5.72. The first kappa shape index (κ1) is 26.9. The van der Waals surface area contributed by atoms with Crippen molar-refractivity contribution in [3.05, 3.63) is 86.2 Å². The van der Waals surface area contributed by atoms with E-state index in [0.717, 1.165) is 16.9 Å². The van der Waals surface area contributed by atoms with Crippen molar-refractivity contribution in [3.63, 3.8) is 0 Å². The third-order valence-corrected chi connectivity index (χ3v) is 7.67. The summed E-state index contributed by atoms with van der Waals surface area (Å²) in [5, 5.41) is 0.535. The molecule has 0 aliphatic carbocycles. The maximum atomic E-state index is 14.0. The van der Waals surface area contributed by atoms with Gasteiger partial charge in [-0.15, -0.1) is 0 Å². The summed E-state index contributed by atoms with van der Waals surface area (Å²) in [4.78, 5) is 46.7. The first-order chi connectivity index (χ1) is 19.2. The van der Waals surface area contributed by atoms with Gasteiger partial charge in [0.05, 0.1) is 44.0 Å². The molecule has 0 saturated carbocycles. The second-order valence-electron chi connectivity index (χ2n) is 9.01. The summed E-state index contributed by atoms with van der Waals surface area (Å²) in [5.74, 6) is -0.254. The topological polar surface area (TPSA) is 117 Å². The second kappa shape index (κ2) is 10.5. The number of methoxy groups -OCH3 is 3. The van der Waals surface area contributed by atoms with Crippen LogP contribution in [0.4, 0.5) is 5.13 Å². The van der Waals surface area contributed by atoms with E-state index in [-0.39, 0.29) is 39.0 Å². The van der Waals surface area contributed by atoms with Crippen LogP contribution in [0.3, 0.4) is 0 Å². The van der Waals surface area contributed by atoms with Gasteiger partial charge in [0.25, 0.3) is 5.91 Å². The molecule has 0 spiro atoms. The number of carbonyl (C=O) groups excluding carboxylic acids is 2. The number of nitrogens with zero attached hydrogens (tertiary/aromatic N) is 2. The Morgan fingerprint density at radius 3 is 2.42 bits per heavy atom. The van der Waals surface area contributed by atoms with Crippen molar-refractivity contribution in [1.82, 2.24) is 4.98 Å². The SMILES string of the molecule is C=CCOC(=O)c1sc(N2C(=O)c3oc4ccc(C)cc4c(=O)c3C2c2cc(OC)c(OC)c(OC)c2)nc1C. The Kier molecular flexibility index (Phi) is 7.07. The van der Waals surface area contributed by atoms with Crippen molar-refractivity contribution in [2.45, 2.75) is 19.9 Å². The van der Waals surface area contributed by atoms with Gasteiger partial charge in [-0.05, 0) is 43.7 Å². The van der Waals surface area contributed by atoms with Gasteiger partial charge in [-0.25, -0.2) is 9.78 Å². The average molecular weight is 563 g/mol. The van der Waals surface area contributed by atoms with Crippen LogP contribution in [0.15, 0.2) is 52.2 Å². The summed E-state index contributed by atoms with van der Waals surface area (Å²) >= 11 is 0.982. The van der Waals surface area contributed by atoms with Gasteiger partial charge in [-0.3, -0.25) is 14.5 Å². The number of aromatic nitrogens is 1. The summed E-state index contributed by atoms with van der Waals surface area (Å²) in [6.07, 6.45) is 1.46. The van der Waals surface area contributed by atoms with E-state index in [1.807, 2.05) is 6.92 Å². The lowest BCUT2D eigenvalue weighted by molar-refractivity contribution is 0.0554. The van der Waals surface area contributed by atoms with Crippen molar-refractivity contribution >= 4 is 39.3 Å². The Morgan fingerprint density at radius 2 is 1.80 bits per heavy atom. The van der Waals surface area contributed by atoms with E-state index in [9.17, 15) is 14.4 Å². The smallest absolute Gasteiger partial charge is 0.350 e. The number of carbonyl (C=O) groups is 2. The highest BCUT2D eigenvalue weighted by Gasteiger charge is 2.46. The number of hydrogen-bond donors (Lipinski definition) is 0. The molecular formula is C29H26N2O8S. The van der Waals surface area contributed by atoms with Crippen LogP contribution in [0.1, 0.15) is 48.7 Å². The van der Waals surface area contributed by atoms with Gasteiger partial charge in [-0.2, -0.15) is 0 Å². The van der Waals surface area contributed by atoms with Gasteiger partial charge in [0.15, 0.2) is 22.1 Å². The van der Waals surface area contributed by atoms with Crippen LogP contribution in [-0.2, 0) is 4.74 Å². The number of benzene rings is 2. The Morgan fingerprint density at radius 1 is 1.10 bits per heavy atom. The zero-order chi connectivity index (χ0) is 28.7. The lowest BCUT2D eigenvalue weighted by Crippen LogP contribution is -2.29. The lowest BCUT2D eigenvalue weighted by atomic mass is 9.97. The molecule has 0 saturated heterocycles. The maximum absolute atomic E-state index is 14.0. The Balaban J connectivity index is 1.78. The standard InChI is InChI=1S/C29H26N2O8S/c1-7-10-38-28(34)26-15(3)30-29(40-26)31-22(16-12-19(35-4)24(37-6)20(13-16)36-5)21-23(32)17-11-14(2)8-9-18(17)39-25(21)27(31)33/h7-9,11-13,22H,1,10H2,2-6H3. The molecule has 2 aromatic carbocycles. The van der Waals surface area contributed by atoms with Crippen LogP contribution in [-0.4, -0.2) is 44.8 Å². The minimum Gasteiger partial charge on any atom is -0.493 e. The van der Waals surface area contributed by atoms with Crippen molar-refractivity contribution in [1.29, 1.82) is 0 Å². The highest BCUT2D eigenvalue weighted by Crippen LogP contribution is 2.47. The number of ether oxygens (including phenoxy) is 4. The predicted molar refractivity (Wildman–Crippen MR) is 149 cm³/mol. The second-order valence-corrected chi connectivity index (χ2v) is 9.99. The van der Waals surface area contributed by atoms with E-state index < -0.39 is 17.9 Å². The fourth-order valence-electron chi connectivity index (χ4n) is 4.73. The molecule has 206 valence electrons. The molecule has 0 fully saturated rings. The normalized spacial score (nSPS) is 14.3. The van der Waals surface area contributed by atoms with Crippen LogP contribution in [0.25, 0.3) is 11.0 Å². The van der Waals surface area contributed by atoms with Gasteiger partial charge in [0.2, 0.25) is 11.5 Å². The van der Waals surface area contributed by atoms with Gasteiger partial charge in [0, 0.05) is 0 Å². The number of esters is 1. The molecule has 1 amide bonds. The molecule has 40 heavy (non-hydrogen) atoms. The van der Waals surface area contributed by atoms with Gasteiger partial charge >= 0.3 is 5.97 Å². The molecule has 4 aromatic rings. The number of anilines is 1. The molecule has 1 atom stereocenters. The number of fused-ring (bicyclic) bond motifs is 2. The summed E-state index contributed by atoms with van der Waals surface area (Å²) in [6, 6.07) is 7.55. The van der Waals surface area contributed by atoms with Crippen molar-refractivity contribution in [2.24, 2.45) is 0 Å². The Bertz CT molecular complexity index is 1710. The molecule has 0 bridgehead atoms. The molecule has 3 heterocycles. The fraction of sp³-hybridized carbons (Fsp3) is 0.241. The van der Waals surface area contributed by atoms with E-state index in [1.54, 1.807) is 37.3 Å². The summed E-state index contributed by atoms with van der Waals surface area (Å²) in [5.41, 5.74) is 1.81. The third-order valence-electron chi connectivity index (χ3n) is 6.54. The Hall–Kier alpha value is -4.64. The number of thiazole rings is 1. The largest absolute Gasteiger partial charge is 0.493 e. The van der Waals surface area contributed by atoms with Gasteiger partial charge in [-0.1, -0.05) is 35.6 Å². The number of amides is 1. The molecule has 1 aliphatic heterocycles. The lowest BCUT2D eigenvalue weighted by Gasteiger charge is -2.24. The zero-order valence-electron chi connectivity index (χ0n) is 22.5. The highest BCUT2D eigenvalue weighted by molar-refractivity contribution is 7.17. The molecule has 2 aromatic heterocycles. The number of hydrogen-bond acceptors (Lipinski definition) is 10. The van der Waals surface area contributed by atoms with E-state index in [4.69, 9.17) is 23.4 Å². The monoisotopic (exact) mass is 562 g/mol. The molecule has 11 heteroatoms. The van der Waals surface area contributed by atoms with E-state index in [2.05, 4.69) is 11.6 Å². The third kappa shape index (κ3) is 4.28.